The van der Waals surface area contributed by atoms with Crippen molar-refractivity contribution in [2.45, 2.75) is 17.7 Å². The maximum Gasteiger partial charge on any atom is 0.252 e. The molecule has 0 aliphatic carbocycles. The average Bonchev–Trinajstić information content (AvgIpc) is 2.25. The third-order valence-electron chi connectivity index (χ3n) is 1.93. The summed E-state index contributed by atoms with van der Waals surface area (Å²) in [6.07, 6.45) is 6.59. The lowest BCUT2D eigenvalue weighted by Gasteiger charge is -2.05. The molecule has 0 aliphatic heterocycles. The van der Waals surface area contributed by atoms with Crippen molar-refractivity contribution in [2.24, 2.45) is 0 Å². The molecule has 15 heavy (non-hydrogen) atoms. The Balaban J connectivity index is 2.48. The molecular formula is C12H13NOS. The maximum absolute atomic E-state index is 11.6. The second-order valence-electron chi connectivity index (χ2n) is 3.08. The Labute approximate surface area is 95.5 Å². The summed E-state index contributed by atoms with van der Waals surface area (Å²) in [6.45, 7) is 0.602. The first-order valence-electron chi connectivity index (χ1n) is 4.75. The van der Waals surface area contributed by atoms with E-state index < -0.39 is 0 Å². The molecule has 0 atom stereocenters. The van der Waals surface area contributed by atoms with Gasteiger partial charge < -0.3 is 5.32 Å². The molecule has 1 amide bonds. The van der Waals surface area contributed by atoms with Crippen LogP contribution in [0.4, 0.5) is 0 Å². The lowest BCUT2D eigenvalue weighted by Crippen LogP contribution is -2.24. The number of nitrogens with one attached hydrogen (secondary N) is 1. The fraction of sp³-hybridized carbons (Fsp3) is 0.250. The largest absolute Gasteiger partial charge is 0.352 e. The highest BCUT2D eigenvalue weighted by Crippen LogP contribution is 2.12. The summed E-state index contributed by atoms with van der Waals surface area (Å²) < 4.78 is 0. The van der Waals surface area contributed by atoms with E-state index in [1.54, 1.807) is 12.1 Å². The van der Waals surface area contributed by atoms with E-state index in [4.69, 9.17) is 6.42 Å². The molecular weight excluding hydrogens is 206 g/mol. The Bertz CT molecular complexity index is 381. The van der Waals surface area contributed by atoms with Gasteiger partial charge in [-0.15, -0.1) is 25.0 Å². The van der Waals surface area contributed by atoms with Crippen LogP contribution in [-0.4, -0.2) is 12.5 Å². The van der Waals surface area contributed by atoms with Crippen LogP contribution in [0.5, 0.6) is 0 Å². The van der Waals surface area contributed by atoms with Crippen molar-refractivity contribution in [3.63, 3.8) is 0 Å². The third-order valence-corrected chi connectivity index (χ3v) is 2.32. The maximum atomic E-state index is 11.6. The highest BCUT2D eigenvalue weighted by Gasteiger charge is 2.06. The van der Waals surface area contributed by atoms with Crippen molar-refractivity contribution >= 4 is 18.5 Å². The summed E-state index contributed by atoms with van der Waals surface area (Å²) >= 11 is 4.21. The molecule has 3 heteroatoms. The first kappa shape index (κ1) is 11.7. The molecule has 0 bridgehead atoms. The summed E-state index contributed by atoms with van der Waals surface area (Å²) in [7, 11) is 0. The predicted molar refractivity (Wildman–Crippen MR) is 64.1 cm³/mol. The first-order chi connectivity index (χ1) is 7.25. The lowest BCUT2D eigenvalue weighted by atomic mass is 10.2. The molecule has 0 unspecified atom stereocenters. The molecule has 0 aliphatic rings. The van der Waals surface area contributed by atoms with Crippen molar-refractivity contribution in [3.05, 3.63) is 29.8 Å². The summed E-state index contributed by atoms with van der Waals surface area (Å²) in [6, 6.07) is 7.20. The Morgan fingerprint density at radius 2 is 2.20 bits per heavy atom. The van der Waals surface area contributed by atoms with Gasteiger partial charge in [0.2, 0.25) is 0 Å². The molecule has 1 N–H and O–H groups in total. The summed E-state index contributed by atoms with van der Waals surface area (Å²) in [5, 5.41) is 2.79. The summed E-state index contributed by atoms with van der Waals surface area (Å²) in [5.74, 6) is 2.43. The monoisotopic (exact) mass is 219 g/mol. The normalized spacial score (nSPS) is 9.33. The van der Waals surface area contributed by atoms with Gasteiger partial charge >= 0.3 is 0 Å². The van der Waals surface area contributed by atoms with Crippen LogP contribution in [0, 0.1) is 12.3 Å². The SMILES string of the molecule is C#CCCCNC(=O)c1ccccc1S. The first-order valence-corrected chi connectivity index (χ1v) is 5.20. The number of benzene rings is 1. The number of carbonyl (C=O) groups excluding carboxylic acids is 1. The minimum Gasteiger partial charge on any atom is -0.352 e. The zero-order chi connectivity index (χ0) is 11.1. The number of hydrogen-bond acceptors (Lipinski definition) is 2. The van der Waals surface area contributed by atoms with Gasteiger partial charge in [-0.1, -0.05) is 12.1 Å². The number of amides is 1. The summed E-state index contributed by atoms with van der Waals surface area (Å²) in [4.78, 5) is 12.3. The number of terminal acetylenes is 1. The molecule has 0 saturated carbocycles. The Morgan fingerprint density at radius 1 is 1.47 bits per heavy atom. The van der Waals surface area contributed by atoms with Gasteiger partial charge in [0.05, 0.1) is 5.56 Å². The van der Waals surface area contributed by atoms with Gasteiger partial charge in [0.25, 0.3) is 5.91 Å². The van der Waals surface area contributed by atoms with Crippen molar-refractivity contribution in [1.29, 1.82) is 0 Å². The Hall–Kier alpha value is -1.40. The lowest BCUT2D eigenvalue weighted by molar-refractivity contribution is 0.0950. The van der Waals surface area contributed by atoms with Crippen LogP contribution in [0.15, 0.2) is 29.2 Å². The minimum absolute atomic E-state index is 0.0994. The van der Waals surface area contributed by atoms with Gasteiger partial charge in [-0.05, 0) is 18.6 Å². The molecule has 0 spiro atoms. The van der Waals surface area contributed by atoms with E-state index in [-0.39, 0.29) is 5.91 Å². The number of carbonyl (C=O) groups is 1. The van der Waals surface area contributed by atoms with Crippen LogP contribution < -0.4 is 5.32 Å². The van der Waals surface area contributed by atoms with Crippen LogP contribution in [-0.2, 0) is 0 Å². The smallest absolute Gasteiger partial charge is 0.252 e. The van der Waals surface area contributed by atoms with Gasteiger partial charge in [-0.25, -0.2) is 0 Å². The standard InChI is InChI=1S/C12H13NOS/c1-2-3-6-9-13-12(14)10-7-4-5-8-11(10)15/h1,4-5,7-8,15H,3,6,9H2,(H,13,14). The molecule has 1 aromatic carbocycles. The van der Waals surface area contributed by atoms with Crippen LogP contribution in [0.1, 0.15) is 23.2 Å². The molecule has 2 nitrogen and oxygen atoms in total. The van der Waals surface area contributed by atoms with Gasteiger partial charge in [0.15, 0.2) is 0 Å². The minimum atomic E-state index is -0.0994. The van der Waals surface area contributed by atoms with Gasteiger partial charge in [-0.3, -0.25) is 4.79 Å². The van der Waals surface area contributed by atoms with E-state index in [1.807, 2.05) is 12.1 Å². The van der Waals surface area contributed by atoms with Crippen LogP contribution in [0.25, 0.3) is 0 Å². The second-order valence-corrected chi connectivity index (χ2v) is 3.56. The molecule has 1 aromatic rings. The molecule has 1 rings (SSSR count). The van der Waals surface area contributed by atoms with Crippen LogP contribution in [0.3, 0.4) is 0 Å². The van der Waals surface area contributed by atoms with E-state index in [1.165, 1.54) is 0 Å². The van der Waals surface area contributed by atoms with Crippen molar-refractivity contribution in [1.82, 2.24) is 5.32 Å². The zero-order valence-corrected chi connectivity index (χ0v) is 9.26. The van der Waals surface area contributed by atoms with E-state index >= 15 is 0 Å². The Morgan fingerprint density at radius 3 is 2.87 bits per heavy atom. The molecule has 0 fully saturated rings. The zero-order valence-electron chi connectivity index (χ0n) is 8.36. The quantitative estimate of drug-likeness (QED) is 0.453. The number of rotatable bonds is 4. The number of thiol groups is 1. The van der Waals surface area contributed by atoms with Gasteiger partial charge in [-0.2, -0.15) is 0 Å². The summed E-state index contributed by atoms with van der Waals surface area (Å²) in [5.41, 5.74) is 0.599. The number of hydrogen-bond donors (Lipinski definition) is 2. The molecule has 0 radical (unpaired) electrons. The van der Waals surface area contributed by atoms with Gasteiger partial charge in [0.1, 0.15) is 0 Å². The highest BCUT2D eigenvalue weighted by molar-refractivity contribution is 7.80. The number of unbranched alkanes of at least 4 members (excludes halogenated alkanes) is 1. The second kappa shape index (κ2) is 6.15. The Kier molecular flexibility index (Phi) is 4.79. The molecule has 0 saturated heterocycles. The van der Waals surface area contributed by atoms with Crippen molar-refractivity contribution < 1.29 is 4.79 Å². The van der Waals surface area contributed by atoms with E-state index in [9.17, 15) is 4.79 Å². The topological polar surface area (TPSA) is 29.1 Å². The highest BCUT2D eigenvalue weighted by atomic mass is 32.1. The van der Waals surface area contributed by atoms with Crippen LogP contribution in [0.2, 0.25) is 0 Å². The van der Waals surface area contributed by atoms with E-state index in [0.717, 1.165) is 6.42 Å². The van der Waals surface area contributed by atoms with E-state index in [2.05, 4.69) is 23.9 Å². The molecule has 0 heterocycles. The molecule has 0 aromatic heterocycles. The van der Waals surface area contributed by atoms with Crippen molar-refractivity contribution in [3.8, 4) is 12.3 Å². The predicted octanol–water partition coefficient (Wildman–Crippen LogP) is 2.12. The van der Waals surface area contributed by atoms with Crippen molar-refractivity contribution in [2.75, 3.05) is 6.54 Å². The average molecular weight is 219 g/mol. The molecule has 78 valence electrons. The fourth-order valence-corrected chi connectivity index (χ4v) is 1.42. The van der Waals surface area contributed by atoms with E-state index in [0.29, 0.717) is 23.4 Å². The third kappa shape index (κ3) is 3.69. The van der Waals surface area contributed by atoms with Gasteiger partial charge in [0, 0.05) is 17.9 Å². The van der Waals surface area contributed by atoms with Crippen LogP contribution >= 0.6 is 12.6 Å². The fourth-order valence-electron chi connectivity index (χ4n) is 1.15.